The van der Waals surface area contributed by atoms with Gasteiger partial charge in [0.15, 0.2) is 9.84 Å². The van der Waals surface area contributed by atoms with Crippen molar-refractivity contribution in [3.05, 3.63) is 29.3 Å². The summed E-state index contributed by atoms with van der Waals surface area (Å²) in [5.74, 6) is 0.186. The number of fused-ring (bicyclic) bond motifs is 1. The van der Waals surface area contributed by atoms with Gasteiger partial charge in [0.1, 0.15) is 18.0 Å². The van der Waals surface area contributed by atoms with Gasteiger partial charge in [-0.15, -0.1) is 0 Å². The number of ether oxygens (including phenoxy) is 1. The molecule has 0 radical (unpaired) electrons. The molecule has 2 N–H and O–H groups in total. The molecule has 1 fully saturated rings. The third-order valence-corrected chi connectivity index (χ3v) is 5.43. The lowest BCUT2D eigenvalue weighted by molar-refractivity contribution is 0.0732. The summed E-state index contributed by atoms with van der Waals surface area (Å²) in [6, 6.07) is 5.38. The number of aliphatic hydroxyl groups excluding tert-OH is 2. The summed E-state index contributed by atoms with van der Waals surface area (Å²) < 4.78 is 28.6. The molecule has 3 atom stereocenters. The van der Waals surface area contributed by atoms with Crippen LogP contribution in [0.4, 0.5) is 0 Å². The van der Waals surface area contributed by atoms with Crippen molar-refractivity contribution in [1.29, 1.82) is 0 Å². The molecule has 1 aliphatic heterocycles. The van der Waals surface area contributed by atoms with Crippen molar-refractivity contribution in [2.45, 2.75) is 31.2 Å². The van der Waals surface area contributed by atoms with Crippen LogP contribution in [-0.4, -0.2) is 42.3 Å². The number of hydrogen-bond acceptors (Lipinski definition) is 5. The van der Waals surface area contributed by atoms with Gasteiger partial charge in [-0.2, -0.15) is 0 Å². The topological polar surface area (TPSA) is 83.8 Å². The van der Waals surface area contributed by atoms with E-state index in [4.69, 9.17) is 4.74 Å². The first-order valence-electron chi connectivity index (χ1n) is 6.31. The zero-order valence-corrected chi connectivity index (χ0v) is 11.1. The maximum absolute atomic E-state index is 11.4. The molecule has 0 spiro atoms. The van der Waals surface area contributed by atoms with Gasteiger partial charge < -0.3 is 14.9 Å². The first kappa shape index (κ1) is 12.9. The maximum atomic E-state index is 11.4. The van der Waals surface area contributed by atoms with E-state index in [1.807, 2.05) is 6.07 Å². The van der Waals surface area contributed by atoms with Crippen LogP contribution in [-0.2, 0) is 16.3 Å². The van der Waals surface area contributed by atoms with Gasteiger partial charge in [-0.25, -0.2) is 8.42 Å². The molecule has 0 saturated carbocycles. The fourth-order valence-corrected chi connectivity index (χ4v) is 4.44. The minimum Gasteiger partial charge on any atom is -0.486 e. The van der Waals surface area contributed by atoms with Gasteiger partial charge in [0.25, 0.3) is 0 Å². The summed E-state index contributed by atoms with van der Waals surface area (Å²) in [4.78, 5) is 0. The Bertz CT molecular complexity index is 595. The van der Waals surface area contributed by atoms with Crippen molar-refractivity contribution in [3.8, 4) is 5.75 Å². The molecule has 3 unspecified atom stereocenters. The third kappa shape index (κ3) is 2.35. The van der Waals surface area contributed by atoms with E-state index in [0.717, 1.165) is 11.1 Å². The zero-order valence-electron chi connectivity index (χ0n) is 10.3. The molecule has 2 aliphatic rings. The molecular formula is C13H16O5S. The summed E-state index contributed by atoms with van der Waals surface area (Å²) in [5, 5.41) is 19.5. The van der Waals surface area contributed by atoms with Crippen molar-refractivity contribution < 1.29 is 23.4 Å². The van der Waals surface area contributed by atoms with E-state index in [1.165, 1.54) is 0 Å². The largest absolute Gasteiger partial charge is 0.486 e. The van der Waals surface area contributed by atoms with E-state index in [2.05, 4.69) is 0 Å². The average Bonchev–Trinajstić information content (AvgIpc) is 2.81. The second-order valence-electron chi connectivity index (χ2n) is 5.18. The summed E-state index contributed by atoms with van der Waals surface area (Å²) in [6.45, 7) is 0. The monoisotopic (exact) mass is 284 g/mol. The van der Waals surface area contributed by atoms with Crippen molar-refractivity contribution in [3.63, 3.8) is 0 Å². The third-order valence-electron chi connectivity index (χ3n) is 3.75. The summed E-state index contributed by atoms with van der Waals surface area (Å²) in [7, 11) is -3.21. The van der Waals surface area contributed by atoms with E-state index in [0.29, 0.717) is 18.6 Å². The lowest BCUT2D eigenvalue weighted by atomic mass is 10.1. The van der Waals surface area contributed by atoms with Crippen LogP contribution in [0.1, 0.15) is 23.7 Å². The Morgan fingerprint density at radius 3 is 2.68 bits per heavy atom. The smallest absolute Gasteiger partial charge is 0.156 e. The second-order valence-corrected chi connectivity index (χ2v) is 7.33. The molecule has 19 heavy (non-hydrogen) atoms. The van der Waals surface area contributed by atoms with Gasteiger partial charge in [-0.05, 0) is 24.5 Å². The average molecular weight is 284 g/mol. The summed E-state index contributed by atoms with van der Waals surface area (Å²) in [6.07, 6.45) is -0.805. The van der Waals surface area contributed by atoms with Gasteiger partial charge in [-0.3, -0.25) is 0 Å². The second kappa shape index (κ2) is 4.47. The minimum atomic E-state index is -3.21. The molecular weight excluding hydrogens is 268 g/mol. The molecule has 0 amide bonds. The van der Waals surface area contributed by atoms with Gasteiger partial charge in [0.2, 0.25) is 0 Å². The maximum Gasteiger partial charge on any atom is 0.156 e. The molecule has 5 nitrogen and oxygen atoms in total. The molecule has 3 rings (SSSR count). The van der Waals surface area contributed by atoms with E-state index in [9.17, 15) is 18.6 Å². The van der Waals surface area contributed by atoms with Crippen LogP contribution in [0, 0.1) is 0 Å². The van der Waals surface area contributed by atoms with Crippen LogP contribution in [0.25, 0.3) is 0 Å². The molecule has 0 aromatic heterocycles. The molecule has 1 heterocycles. The van der Waals surface area contributed by atoms with Crippen LogP contribution in [0.2, 0.25) is 0 Å². The Labute approximate surface area is 111 Å². The number of aliphatic hydroxyl groups is 2. The Morgan fingerprint density at radius 2 is 2.00 bits per heavy atom. The highest BCUT2D eigenvalue weighted by molar-refractivity contribution is 7.91. The summed E-state index contributed by atoms with van der Waals surface area (Å²) in [5.41, 5.74) is 1.76. The minimum absolute atomic E-state index is 0.152. The SMILES string of the molecule is O=S1(=O)CC(O)C(Oc2cccc3c2CCC3O)C1. The van der Waals surface area contributed by atoms with Gasteiger partial charge in [0.05, 0.1) is 17.6 Å². The van der Waals surface area contributed by atoms with E-state index >= 15 is 0 Å². The van der Waals surface area contributed by atoms with E-state index in [1.54, 1.807) is 12.1 Å². The fourth-order valence-electron chi connectivity index (χ4n) is 2.78. The number of rotatable bonds is 2. The van der Waals surface area contributed by atoms with Crippen LogP contribution < -0.4 is 4.74 Å². The highest BCUT2D eigenvalue weighted by atomic mass is 32.2. The lowest BCUT2D eigenvalue weighted by Gasteiger charge is -2.18. The summed E-state index contributed by atoms with van der Waals surface area (Å²) >= 11 is 0. The van der Waals surface area contributed by atoms with Gasteiger partial charge >= 0.3 is 0 Å². The standard InChI is InChI=1S/C13H16O5S/c14-10-5-4-9-8(10)2-1-3-12(9)18-13-7-19(16,17)6-11(13)15/h1-3,10-11,13-15H,4-7H2. The Hall–Kier alpha value is -1.11. The molecule has 6 heteroatoms. The lowest BCUT2D eigenvalue weighted by Crippen LogP contribution is -2.30. The quantitative estimate of drug-likeness (QED) is 0.810. The van der Waals surface area contributed by atoms with Crippen LogP contribution in [0.15, 0.2) is 18.2 Å². The predicted octanol–water partition coefficient (Wildman–Crippen LogP) is 0.203. The highest BCUT2D eigenvalue weighted by Gasteiger charge is 2.38. The van der Waals surface area contributed by atoms with Crippen LogP contribution >= 0.6 is 0 Å². The normalized spacial score (nSPS) is 32.2. The number of sulfone groups is 1. The van der Waals surface area contributed by atoms with Crippen molar-refractivity contribution in [2.75, 3.05) is 11.5 Å². The van der Waals surface area contributed by atoms with Crippen molar-refractivity contribution in [1.82, 2.24) is 0 Å². The molecule has 104 valence electrons. The Morgan fingerprint density at radius 1 is 1.21 bits per heavy atom. The molecule has 0 bridgehead atoms. The van der Waals surface area contributed by atoms with Crippen molar-refractivity contribution in [2.24, 2.45) is 0 Å². The molecule has 1 aromatic carbocycles. The molecule has 1 aliphatic carbocycles. The first-order valence-corrected chi connectivity index (χ1v) is 8.13. The van der Waals surface area contributed by atoms with E-state index in [-0.39, 0.29) is 11.5 Å². The molecule has 1 aromatic rings. The predicted molar refractivity (Wildman–Crippen MR) is 68.8 cm³/mol. The van der Waals surface area contributed by atoms with Crippen LogP contribution in [0.5, 0.6) is 5.75 Å². The van der Waals surface area contributed by atoms with Gasteiger partial charge in [-0.1, -0.05) is 12.1 Å². The van der Waals surface area contributed by atoms with Crippen molar-refractivity contribution >= 4 is 9.84 Å². The Kier molecular flexibility index (Phi) is 3.03. The fraction of sp³-hybridized carbons (Fsp3) is 0.538. The molecule has 1 saturated heterocycles. The Balaban J connectivity index is 1.86. The highest BCUT2D eigenvalue weighted by Crippen LogP contribution is 2.37. The van der Waals surface area contributed by atoms with E-state index < -0.39 is 28.1 Å². The zero-order chi connectivity index (χ0) is 13.6. The number of benzene rings is 1. The first-order chi connectivity index (χ1) is 8.96. The number of hydrogen-bond donors (Lipinski definition) is 2. The van der Waals surface area contributed by atoms with Crippen LogP contribution in [0.3, 0.4) is 0 Å². The van der Waals surface area contributed by atoms with Gasteiger partial charge in [0, 0.05) is 5.56 Å².